The first kappa shape index (κ1) is 14.4. The maximum atomic E-state index is 11.7. The first-order valence-electron chi connectivity index (χ1n) is 5.97. The summed E-state index contributed by atoms with van der Waals surface area (Å²) in [5.74, 6) is -0.0472. The molecule has 4 nitrogen and oxygen atoms in total. The van der Waals surface area contributed by atoms with Crippen LogP contribution in [0.25, 0.3) is 0 Å². The van der Waals surface area contributed by atoms with Crippen molar-refractivity contribution in [1.82, 2.24) is 5.32 Å². The Kier molecular flexibility index (Phi) is 6.08. The van der Waals surface area contributed by atoms with E-state index in [1.54, 1.807) is 31.4 Å². The molecule has 98 valence electrons. The summed E-state index contributed by atoms with van der Waals surface area (Å²) in [6.45, 7) is 2.52. The van der Waals surface area contributed by atoms with E-state index >= 15 is 0 Å². The number of hydrogen-bond donors (Lipinski definition) is 1. The highest BCUT2D eigenvalue weighted by Crippen LogP contribution is 2.02. The molecule has 18 heavy (non-hydrogen) atoms. The Morgan fingerprint density at radius 2 is 1.94 bits per heavy atom. The normalized spacial score (nSPS) is 11.9. The minimum absolute atomic E-state index is 0.0442. The largest absolute Gasteiger partial charge is 0.384 e. The molecule has 1 aromatic rings. The van der Waals surface area contributed by atoms with E-state index in [1.165, 1.54) is 0 Å². The van der Waals surface area contributed by atoms with Gasteiger partial charge in [-0.2, -0.15) is 0 Å². The van der Waals surface area contributed by atoms with E-state index in [-0.39, 0.29) is 24.2 Å². The molecular weight excluding hydrogens is 230 g/mol. The van der Waals surface area contributed by atoms with Gasteiger partial charge in [0.2, 0.25) is 5.91 Å². The topological polar surface area (TPSA) is 55.4 Å². The molecule has 0 bridgehead atoms. The fraction of sp³-hybridized carbons (Fsp3) is 0.429. The van der Waals surface area contributed by atoms with Crippen molar-refractivity contribution in [3.8, 4) is 0 Å². The fourth-order valence-corrected chi connectivity index (χ4v) is 1.64. The first-order valence-corrected chi connectivity index (χ1v) is 5.97. The molecule has 1 rings (SSSR count). The van der Waals surface area contributed by atoms with Crippen molar-refractivity contribution in [3.05, 3.63) is 35.9 Å². The molecule has 0 saturated heterocycles. The summed E-state index contributed by atoms with van der Waals surface area (Å²) in [6.07, 6.45) is 0.371. The predicted molar refractivity (Wildman–Crippen MR) is 69.4 cm³/mol. The van der Waals surface area contributed by atoms with E-state index in [2.05, 4.69) is 5.32 Å². The van der Waals surface area contributed by atoms with Crippen LogP contribution in [0.15, 0.2) is 30.3 Å². The number of hydrogen-bond acceptors (Lipinski definition) is 3. The Morgan fingerprint density at radius 3 is 2.56 bits per heavy atom. The lowest BCUT2D eigenvalue weighted by Gasteiger charge is -2.10. The van der Waals surface area contributed by atoms with Crippen molar-refractivity contribution in [2.75, 3.05) is 20.3 Å². The third-order valence-corrected chi connectivity index (χ3v) is 2.53. The molecule has 1 aromatic carbocycles. The highest BCUT2D eigenvalue weighted by Gasteiger charge is 2.11. The van der Waals surface area contributed by atoms with E-state index < -0.39 is 0 Å². The van der Waals surface area contributed by atoms with E-state index in [1.807, 2.05) is 13.0 Å². The highest BCUT2D eigenvalue weighted by molar-refractivity contribution is 5.99. The van der Waals surface area contributed by atoms with Crippen molar-refractivity contribution in [3.63, 3.8) is 0 Å². The van der Waals surface area contributed by atoms with Crippen LogP contribution in [-0.2, 0) is 9.53 Å². The van der Waals surface area contributed by atoms with Gasteiger partial charge in [0.05, 0.1) is 6.54 Å². The zero-order valence-electron chi connectivity index (χ0n) is 10.8. The molecule has 0 aliphatic carbocycles. The van der Waals surface area contributed by atoms with Gasteiger partial charge in [-0.25, -0.2) is 0 Å². The lowest BCUT2D eigenvalue weighted by molar-refractivity contribution is -0.122. The number of benzene rings is 1. The van der Waals surface area contributed by atoms with Crippen molar-refractivity contribution < 1.29 is 14.3 Å². The number of carbonyl (C=O) groups excluding carboxylic acids is 2. The summed E-state index contributed by atoms with van der Waals surface area (Å²) in [4.78, 5) is 23.3. The van der Waals surface area contributed by atoms with E-state index in [0.29, 0.717) is 18.6 Å². The average molecular weight is 249 g/mol. The minimum Gasteiger partial charge on any atom is -0.384 e. The van der Waals surface area contributed by atoms with Gasteiger partial charge in [-0.3, -0.25) is 9.59 Å². The van der Waals surface area contributed by atoms with Crippen LogP contribution >= 0.6 is 0 Å². The second kappa shape index (κ2) is 7.61. The molecule has 0 fully saturated rings. The Balaban J connectivity index is 2.33. The van der Waals surface area contributed by atoms with Gasteiger partial charge in [0.15, 0.2) is 5.78 Å². The van der Waals surface area contributed by atoms with Gasteiger partial charge >= 0.3 is 0 Å². The zero-order valence-corrected chi connectivity index (χ0v) is 10.8. The number of carbonyl (C=O) groups is 2. The third-order valence-electron chi connectivity index (χ3n) is 2.53. The molecule has 1 unspecified atom stereocenters. The molecule has 0 radical (unpaired) electrons. The van der Waals surface area contributed by atoms with Crippen LogP contribution in [0.4, 0.5) is 0 Å². The van der Waals surface area contributed by atoms with Gasteiger partial charge in [-0.05, 0) is 5.92 Å². The Morgan fingerprint density at radius 1 is 1.28 bits per heavy atom. The third kappa shape index (κ3) is 5.10. The summed E-state index contributed by atoms with van der Waals surface area (Å²) in [5, 5.41) is 2.63. The van der Waals surface area contributed by atoms with E-state index in [9.17, 15) is 9.59 Å². The maximum Gasteiger partial charge on any atom is 0.220 e. The number of nitrogens with one attached hydrogen (secondary N) is 1. The van der Waals surface area contributed by atoms with Crippen LogP contribution in [0.2, 0.25) is 0 Å². The molecule has 0 aliphatic rings. The van der Waals surface area contributed by atoms with Gasteiger partial charge < -0.3 is 10.1 Å². The SMILES string of the molecule is COCC(C)CC(=O)NCC(=O)c1ccccc1. The van der Waals surface area contributed by atoms with Crippen molar-refractivity contribution in [2.24, 2.45) is 5.92 Å². The fourth-order valence-electron chi connectivity index (χ4n) is 1.64. The summed E-state index contributed by atoms with van der Waals surface area (Å²) >= 11 is 0. The number of ketones is 1. The molecule has 0 aliphatic heterocycles. The Labute approximate surface area is 107 Å². The van der Waals surface area contributed by atoms with Crippen molar-refractivity contribution >= 4 is 11.7 Å². The van der Waals surface area contributed by atoms with Gasteiger partial charge in [-0.1, -0.05) is 37.3 Å². The zero-order chi connectivity index (χ0) is 13.4. The minimum atomic E-state index is -0.121. The summed E-state index contributed by atoms with van der Waals surface area (Å²) in [6, 6.07) is 8.93. The molecule has 0 spiro atoms. The smallest absolute Gasteiger partial charge is 0.220 e. The van der Waals surface area contributed by atoms with E-state index in [4.69, 9.17) is 4.74 Å². The molecule has 0 aromatic heterocycles. The van der Waals surface area contributed by atoms with Crippen LogP contribution < -0.4 is 5.32 Å². The van der Waals surface area contributed by atoms with Crippen molar-refractivity contribution in [1.29, 1.82) is 0 Å². The predicted octanol–water partition coefficient (Wildman–Crippen LogP) is 1.66. The number of rotatable bonds is 7. The molecule has 0 heterocycles. The molecule has 1 atom stereocenters. The lowest BCUT2D eigenvalue weighted by Crippen LogP contribution is -2.31. The second-order valence-corrected chi connectivity index (χ2v) is 4.33. The first-order chi connectivity index (χ1) is 8.63. The summed E-state index contributed by atoms with van der Waals surface area (Å²) < 4.78 is 4.95. The van der Waals surface area contributed by atoms with Crippen LogP contribution in [0.3, 0.4) is 0 Å². The Bertz CT molecular complexity index is 389. The van der Waals surface area contributed by atoms with Crippen molar-refractivity contribution in [2.45, 2.75) is 13.3 Å². The summed E-state index contributed by atoms with van der Waals surface area (Å²) in [7, 11) is 1.60. The van der Waals surface area contributed by atoms with Gasteiger partial charge in [-0.15, -0.1) is 0 Å². The summed E-state index contributed by atoms with van der Waals surface area (Å²) in [5.41, 5.74) is 0.614. The van der Waals surface area contributed by atoms with Gasteiger partial charge in [0, 0.05) is 25.7 Å². The lowest BCUT2D eigenvalue weighted by atomic mass is 10.1. The monoisotopic (exact) mass is 249 g/mol. The van der Waals surface area contributed by atoms with Crippen LogP contribution in [0, 0.1) is 5.92 Å². The van der Waals surface area contributed by atoms with Gasteiger partial charge in [0.25, 0.3) is 0 Å². The Hall–Kier alpha value is -1.68. The van der Waals surface area contributed by atoms with Gasteiger partial charge in [0.1, 0.15) is 0 Å². The molecule has 1 amide bonds. The van der Waals surface area contributed by atoms with Crippen LogP contribution in [-0.4, -0.2) is 32.0 Å². The second-order valence-electron chi connectivity index (χ2n) is 4.33. The number of ether oxygens (including phenoxy) is 1. The number of Topliss-reactive ketones (excluding diaryl/α,β-unsaturated/α-hetero) is 1. The number of methoxy groups -OCH3 is 1. The highest BCUT2D eigenvalue weighted by atomic mass is 16.5. The molecule has 4 heteroatoms. The van der Waals surface area contributed by atoms with Crippen LogP contribution in [0.5, 0.6) is 0 Å². The van der Waals surface area contributed by atoms with Crippen LogP contribution in [0.1, 0.15) is 23.7 Å². The van der Waals surface area contributed by atoms with E-state index in [0.717, 1.165) is 0 Å². The maximum absolute atomic E-state index is 11.7. The standard InChI is InChI=1S/C14H19NO3/c1-11(10-18-2)8-14(17)15-9-13(16)12-6-4-3-5-7-12/h3-7,11H,8-10H2,1-2H3,(H,15,17). The average Bonchev–Trinajstić information content (AvgIpc) is 2.37. The molecular formula is C14H19NO3. The quantitative estimate of drug-likeness (QED) is 0.748. The molecule has 0 saturated carbocycles. The molecule has 1 N–H and O–H groups in total. The number of amides is 1.